The molecule has 0 saturated carbocycles. The van der Waals surface area contributed by atoms with Crippen LogP contribution in [0, 0.1) is 23.7 Å². The molecule has 1 unspecified atom stereocenters. The molecule has 0 radical (unpaired) electrons. The summed E-state index contributed by atoms with van der Waals surface area (Å²) in [5.74, 6) is -15.5. The minimum Gasteiger partial charge on any atom is -0.481 e. The molecule has 9 N–H and O–H groups in total. The van der Waals surface area contributed by atoms with Gasteiger partial charge in [0, 0.05) is 74.1 Å². The fraction of sp³-hybridized carbons (Fsp3) is 0.607. The maximum atomic E-state index is 14.8. The molecule has 0 aliphatic carbocycles. The summed E-state index contributed by atoms with van der Waals surface area (Å²) in [6, 6.07) is -0.291. The molecule has 3 aliphatic heterocycles. The Kier molecular flexibility index (Phi) is 25.6. The normalized spacial score (nSPS) is 23.2. The Balaban J connectivity index is 1.56. The number of aliphatic carboxylic acids is 2. The van der Waals surface area contributed by atoms with Gasteiger partial charge in [-0.1, -0.05) is 69.5 Å². The van der Waals surface area contributed by atoms with Gasteiger partial charge >= 0.3 is 11.9 Å². The molecule has 460 valence electrons. The molecular formula is C56H76BrN9O17S. The second-order valence-electron chi connectivity index (χ2n) is 21.7. The average Bonchev–Trinajstić information content (AvgIpc) is 3.40. The van der Waals surface area contributed by atoms with Gasteiger partial charge in [-0.2, -0.15) is 0 Å². The minimum atomic E-state index is -1.60. The molecule has 0 spiro atoms. The lowest BCUT2D eigenvalue weighted by Crippen LogP contribution is -2.55. The maximum absolute atomic E-state index is 14.8. The van der Waals surface area contributed by atoms with Gasteiger partial charge in [-0.3, -0.25) is 67.1 Å². The molecule has 1 saturated heterocycles. The number of nitrogens with zero attached hydrogens (tertiary/aromatic N) is 3. The number of aliphatic hydroxyl groups excluding tert-OH is 1. The van der Waals surface area contributed by atoms with Crippen LogP contribution in [0.5, 0.6) is 0 Å². The topological polar surface area (TPSA) is 385 Å². The molecule has 84 heavy (non-hydrogen) atoms. The van der Waals surface area contributed by atoms with Crippen LogP contribution in [0.3, 0.4) is 0 Å². The Bertz CT molecular complexity index is 2860. The van der Waals surface area contributed by atoms with Crippen molar-refractivity contribution in [3.8, 4) is 0 Å². The summed E-state index contributed by atoms with van der Waals surface area (Å²) in [7, 11) is 0. The molecule has 1 aromatic carbocycles. The van der Waals surface area contributed by atoms with Crippen LogP contribution in [0.15, 0.2) is 23.2 Å². The highest BCUT2D eigenvalue weighted by molar-refractivity contribution is 9.09. The van der Waals surface area contributed by atoms with Crippen molar-refractivity contribution < 1.29 is 82.4 Å². The zero-order valence-electron chi connectivity index (χ0n) is 47.8. The van der Waals surface area contributed by atoms with E-state index in [2.05, 4.69) is 47.5 Å². The number of hydrogen-bond acceptors (Lipinski definition) is 16. The van der Waals surface area contributed by atoms with Gasteiger partial charge in [0.25, 0.3) is 5.91 Å². The lowest BCUT2D eigenvalue weighted by atomic mass is 9.86. The number of hydrogen-bond donors (Lipinski definition) is 9. The van der Waals surface area contributed by atoms with E-state index in [0.717, 1.165) is 26.7 Å². The van der Waals surface area contributed by atoms with E-state index in [1.54, 1.807) is 45.9 Å². The number of thioether (sulfide) groups is 1. The van der Waals surface area contributed by atoms with Crippen molar-refractivity contribution >= 4 is 121 Å². The number of fused-ring (bicyclic) bond motifs is 5. The number of carbonyl (C=O) groups is 14. The molecule has 1 fully saturated rings. The number of carboxylic acids is 2. The van der Waals surface area contributed by atoms with Crippen LogP contribution in [0.2, 0.25) is 0 Å². The zero-order chi connectivity index (χ0) is 62.1. The van der Waals surface area contributed by atoms with E-state index in [1.165, 1.54) is 6.92 Å². The van der Waals surface area contributed by atoms with Crippen molar-refractivity contribution in [2.75, 3.05) is 43.8 Å². The number of H-pyrrole nitrogens is 1. The number of alkyl halides is 1. The van der Waals surface area contributed by atoms with E-state index >= 15 is 0 Å². The summed E-state index contributed by atoms with van der Waals surface area (Å²) in [5, 5.41) is 45.4. The first-order valence-electron chi connectivity index (χ1n) is 28.2. The number of rotatable bonds is 19. The second kappa shape index (κ2) is 31.7. The number of carbonyl (C=O) groups excluding carboxylic acids is 12. The Morgan fingerprint density at radius 1 is 0.738 bits per heavy atom. The van der Waals surface area contributed by atoms with Crippen molar-refractivity contribution in [1.82, 2.24) is 46.5 Å². The number of aliphatic hydroxyl groups is 1. The van der Waals surface area contributed by atoms with Crippen LogP contribution >= 0.6 is 27.7 Å². The van der Waals surface area contributed by atoms with E-state index < -0.39 is 182 Å². The van der Waals surface area contributed by atoms with E-state index in [-0.39, 0.29) is 68.2 Å². The van der Waals surface area contributed by atoms with Gasteiger partial charge < -0.3 is 51.8 Å². The number of nitrogens with one attached hydrogen (secondary N) is 6. The number of Topliss-reactive ketones (excluding diaryl/α,β-unsaturated/α-hetero) is 4. The summed E-state index contributed by atoms with van der Waals surface area (Å²) >= 11 is 4.02. The molecule has 2 bridgehead atoms. The van der Waals surface area contributed by atoms with Crippen LogP contribution in [0.4, 0.5) is 0 Å². The van der Waals surface area contributed by atoms with Crippen LogP contribution in [-0.4, -0.2) is 192 Å². The molecule has 3 aliphatic rings. The summed E-state index contributed by atoms with van der Waals surface area (Å²) in [6.45, 7) is 5.26. The SMILES string of the molecule is CCC(=O)N(CC(=O)O)N(CC(=O)CCCCC(=O)Cc1ccc2[nH]c3c(c2c1)C[C@@H]1CC(=O)[C@H](C(C)CC)NC(=O)[C@@H]2C[C@@H](O)CN2C(=O)[C@H](CC(=O)O)CC(=O)[C@H](CS3)NC(=O)CNC(=O)[C@H]([C@@H](C)CC)NC(=O)CNC1=O)C(=O)CBr. The average molecular weight is 1260 g/mol. The number of carboxylic acid groups (broad SMARTS) is 2. The van der Waals surface area contributed by atoms with Gasteiger partial charge in [-0.05, 0) is 54.4 Å². The summed E-state index contributed by atoms with van der Waals surface area (Å²) in [4.78, 5) is 194. The standard InChI is InChI=1S/C56H76BrN9O17S/c1-6-29(4)50-43(71)18-32-17-38-37-16-31(15-34(67)11-9-10-12-35(68)26-65(47(75)22-57)66(27-49(78)79)46(74)8-3)13-14-39(37)61-55(38)84-28-40(60-44(72)23-59-54(82)51(30(5)7-2)62-45(73)24-58-52(32)80)42(70)19-33(20-48(76)77)56(83)64-25-36(69)21-41(64)53(81)63-50/h13-14,16,29-30,32-33,36,40-41,50-51,61,69H,6-12,15,17-28H2,1-5H3,(H,58,80)(H,59,82)(H,60,72)(H,62,73)(H,63,81)(H,76,77)(H,78,79)/t29?,30-,32+,33-,36+,40-,41-,50-,51-/m0/s1. The summed E-state index contributed by atoms with van der Waals surface area (Å²) < 4.78 is 0. The lowest BCUT2D eigenvalue weighted by molar-refractivity contribution is -0.168. The van der Waals surface area contributed by atoms with Gasteiger partial charge in [-0.25, -0.2) is 10.0 Å². The number of aromatic nitrogens is 1. The fourth-order valence-electron chi connectivity index (χ4n) is 10.3. The van der Waals surface area contributed by atoms with E-state index in [1.807, 2.05) is 0 Å². The van der Waals surface area contributed by atoms with Crippen LogP contribution < -0.4 is 26.6 Å². The molecule has 2 aromatic rings. The summed E-state index contributed by atoms with van der Waals surface area (Å²) in [5.41, 5.74) is 1.40. The molecule has 5 rings (SSSR count). The molecule has 4 heterocycles. The Labute approximate surface area is 497 Å². The first-order chi connectivity index (χ1) is 39.8. The number of halogens is 1. The quantitative estimate of drug-likeness (QED) is 0.0536. The molecular weight excluding hydrogens is 1180 g/mol. The predicted octanol–water partition coefficient (Wildman–Crippen LogP) is 0.899. The number of ketones is 4. The van der Waals surface area contributed by atoms with Crippen molar-refractivity contribution in [3.63, 3.8) is 0 Å². The highest BCUT2D eigenvalue weighted by Gasteiger charge is 2.44. The van der Waals surface area contributed by atoms with E-state index in [0.29, 0.717) is 39.9 Å². The second-order valence-corrected chi connectivity index (χ2v) is 23.3. The largest absolute Gasteiger partial charge is 0.481 e. The molecule has 1 aromatic heterocycles. The van der Waals surface area contributed by atoms with E-state index in [9.17, 15) is 82.4 Å². The van der Waals surface area contributed by atoms with Gasteiger partial charge in [0.15, 0.2) is 17.3 Å². The molecule has 28 heteroatoms. The number of aromatic amines is 1. The minimum absolute atomic E-state index is 0.0168. The lowest BCUT2D eigenvalue weighted by Gasteiger charge is -2.32. The van der Waals surface area contributed by atoms with Crippen molar-refractivity contribution in [1.29, 1.82) is 0 Å². The maximum Gasteiger partial charge on any atom is 0.325 e. The van der Waals surface area contributed by atoms with Crippen LogP contribution in [0.1, 0.15) is 116 Å². The number of unbranched alkanes of at least 4 members (excludes halogenated alkanes) is 1. The monoisotopic (exact) mass is 1260 g/mol. The van der Waals surface area contributed by atoms with Gasteiger partial charge in [-0.15, -0.1) is 11.8 Å². The first kappa shape index (κ1) is 67.7. The zero-order valence-corrected chi connectivity index (χ0v) is 50.2. The first-order valence-corrected chi connectivity index (χ1v) is 30.3. The molecule has 8 amide bonds. The Morgan fingerprint density at radius 3 is 2.00 bits per heavy atom. The number of hydrazine groups is 1. The third kappa shape index (κ3) is 18.7. The predicted molar refractivity (Wildman–Crippen MR) is 305 cm³/mol. The van der Waals surface area contributed by atoms with Crippen molar-refractivity contribution in [3.05, 3.63) is 29.3 Å². The summed E-state index contributed by atoms with van der Waals surface area (Å²) in [6.07, 6.45) is -3.06. The van der Waals surface area contributed by atoms with Gasteiger partial charge in [0.1, 0.15) is 31.0 Å². The van der Waals surface area contributed by atoms with Crippen molar-refractivity contribution in [2.24, 2.45) is 23.7 Å². The van der Waals surface area contributed by atoms with Crippen LogP contribution in [0.25, 0.3) is 10.9 Å². The molecule has 9 atom stereocenters. The number of amides is 8. The van der Waals surface area contributed by atoms with Gasteiger partial charge in [0.2, 0.25) is 41.4 Å². The third-order valence-corrected chi connectivity index (χ3v) is 17.0. The highest BCUT2D eigenvalue weighted by atomic mass is 79.9. The molecule has 26 nitrogen and oxygen atoms in total. The fourth-order valence-corrected chi connectivity index (χ4v) is 11.8. The smallest absolute Gasteiger partial charge is 0.325 e. The Morgan fingerprint density at radius 2 is 1.37 bits per heavy atom. The van der Waals surface area contributed by atoms with Gasteiger partial charge in [0.05, 0.1) is 54.0 Å². The Hall–Kier alpha value is -7.07. The van der Waals surface area contributed by atoms with Crippen LogP contribution in [-0.2, 0) is 80.0 Å². The van der Waals surface area contributed by atoms with Crippen molar-refractivity contribution in [2.45, 2.75) is 153 Å². The third-order valence-electron chi connectivity index (χ3n) is 15.4. The number of benzene rings is 1. The highest BCUT2D eigenvalue weighted by Crippen LogP contribution is 2.35. The van der Waals surface area contributed by atoms with E-state index in [4.69, 9.17) is 0 Å².